The average molecular weight is 660 g/mol. The summed E-state index contributed by atoms with van der Waals surface area (Å²) in [6, 6.07) is 68.4. The second-order valence-electron chi connectivity index (χ2n) is 14.9. The predicted molar refractivity (Wildman–Crippen MR) is 214 cm³/mol. The first kappa shape index (κ1) is 28.3. The van der Waals surface area contributed by atoms with Crippen molar-refractivity contribution in [3.63, 3.8) is 0 Å². The molecule has 0 N–H and O–H groups in total. The van der Waals surface area contributed by atoms with Crippen LogP contribution in [0.3, 0.4) is 0 Å². The third-order valence-corrected chi connectivity index (χ3v) is 12.7. The minimum Gasteiger partial charge on any atom is -0.309 e. The quantitative estimate of drug-likeness (QED) is 0.179. The SMILES string of the molecule is CC12c3ccccc3-c3cccc(c31)N(c1ccccc1-c1ccccc1)c1c2ccc2c1-c1ccccc1C21c2ccccc2-c2ccccc21. The molecular weight excluding hydrogens is 627 g/mol. The molecule has 1 atom stereocenters. The molecule has 0 radical (unpaired) electrons. The lowest BCUT2D eigenvalue weighted by Gasteiger charge is -2.44. The molecule has 0 fully saturated rings. The zero-order valence-corrected chi connectivity index (χ0v) is 28.8. The number of fused-ring (bicyclic) bond motifs is 16. The van der Waals surface area contributed by atoms with Gasteiger partial charge in [-0.1, -0.05) is 170 Å². The summed E-state index contributed by atoms with van der Waals surface area (Å²) in [5, 5.41) is 0. The molecule has 1 unspecified atom stereocenters. The van der Waals surface area contributed by atoms with Crippen LogP contribution in [-0.4, -0.2) is 0 Å². The maximum Gasteiger partial charge on any atom is 0.0726 e. The number of hydrogen-bond donors (Lipinski definition) is 0. The highest BCUT2D eigenvalue weighted by Gasteiger charge is 2.55. The summed E-state index contributed by atoms with van der Waals surface area (Å²) in [6.45, 7) is 2.48. The van der Waals surface area contributed by atoms with Gasteiger partial charge in [-0.25, -0.2) is 0 Å². The molecule has 12 rings (SSSR count). The highest BCUT2D eigenvalue weighted by molar-refractivity contribution is 6.07. The van der Waals surface area contributed by atoms with Crippen LogP contribution >= 0.6 is 0 Å². The van der Waals surface area contributed by atoms with Crippen molar-refractivity contribution in [1.82, 2.24) is 0 Å². The summed E-state index contributed by atoms with van der Waals surface area (Å²) in [4.78, 5) is 2.63. The predicted octanol–water partition coefficient (Wildman–Crippen LogP) is 12.8. The van der Waals surface area contributed by atoms with Crippen molar-refractivity contribution < 1.29 is 0 Å². The van der Waals surface area contributed by atoms with E-state index in [9.17, 15) is 0 Å². The van der Waals surface area contributed by atoms with E-state index in [0.717, 1.165) is 0 Å². The van der Waals surface area contributed by atoms with Gasteiger partial charge in [0.2, 0.25) is 0 Å². The summed E-state index contributed by atoms with van der Waals surface area (Å²) >= 11 is 0. The number of anilines is 3. The monoisotopic (exact) mass is 659 g/mol. The Balaban J connectivity index is 1.27. The molecule has 0 aromatic heterocycles. The Morgan fingerprint density at radius 2 is 0.827 bits per heavy atom. The van der Waals surface area contributed by atoms with Crippen LogP contribution in [0.5, 0.6) is 0 Å². The maximum atomic E-state index is 2.63. The lowest BCUT2D eigenvalue weighted by molar-refractivity contribution is 0.700. The highest BCUT2D eigenvalue weighted by Crippen LogP contribution is 2.69. The van der Waals surface area contributed by atoms with Crippen LogP contribution in [0.25, 0.3) is 44.5 Å². The van der Waals surface area contributed by atoms with E-state index in [4.69, 9.17) is 0 Å². The highest BCUT2D eigenvalue weighted by atomic mass is 15.2. The molecule has 52 heavy (non-hydrogen) atoms. The van der Waals surface area contributed by atoms with E-state index >= 15 is 0 Å². The molecule has 1 aliphatic heterocycles. The van der Waals surface area contributed by atoms with Crippen LogP contribution in [0.15, 0.2) is 182 Å². The van der Waals surface area contributed by atoms with Crippen molar-refractivity contribution in [1.29, 1.82) is 0 Å². The van der Waals surface area contributed by atoms with Crippen molar-refractivity contribution in [2.24, 2.45) is 0 Å². The third kappa shape index (κ3) is 3.18. The van der Waals surface area contributed by atoms with Crippen LogP contribution < -0.4 is 4.90 Å². The van der Waals surface area contributed by atoms with Gasteiger partial charge in [0.1, 0.15) is 0 Å². The number of benzene rings is 8. The van der Waals surface area contributed by atoms with Gasteiger partial charge in [0.05, 0.1) is 22.5 Å². The summed E-state index contributed by atoms with van der Waals surface area (Å²) in [5.74, 6) is 0. The van der Waals surface area contributed by atoms with Gasteiger partial charge in [0.25, 0.3) is 0 Å². The molecule has 0 bridgehead atoms. The van der Waals surface area contributed by atoms with Gasteiger partial charge >= 0.3 is 0 Å². The Labute approximate surface area is 304 Å². The molecule has 8 aromatic carbocycles. The standard InChI is InChI=1S/C51H33N/c1-50-39-24-10-5-21-36(39)37-23-15-29-46(48(37)50)52(45-28-14-9-18-33(45)32-16-3-2-4-17-32)49-44(50)31-30-43-47(49)38-22-8-13-27-42(38)51(43)40-25-11-6-19-34(40)35-20-7-12-26-41(35)51/h2-31H,1H3. The average Bonchev–Trinajstić information content (AvgIpc) is 3.79. The van der Waals surface area contributed by atoms with E-state index < -0.39 is 5.41 Å². The van der Waals surface area contributed by atoms with Crippen LogP contribution in [0, 0.1) is 0 Å². The molecule has 0 saturated heterocycles. The molecule has 4 aliphatic rings. The van der Waals surface area contributed by atoms with E-state index in [1.807, 2.05) is 0 Å². The van der Waals surface area contributed by atoms with Crippen LogP contribution in [0.2, 0.25) is 0 Å². The van der Waals surface area contributed by atoms with E-state index in [1.54, 1.807) is 0 Å². The summed E-state index contributed by atoms with van der Waals surface area (Å²) in [7, 11) is 0. The number of nitrogens with zero attached hydrogens (tertiary/aromatic N) is 1. The zero-order chi connectivity index (χ0) is 34.2. The summed E-state index contributed by atoms with van der Waals surface area (Å²) in [5.41, 5.74) is 23.0. The van der Waals surface area contributed by atoms with Crippen LogP contribution in [0.4, 0.5) is 17.1 Å². The Hall–Kier alpha value is -6.44. The largest absolute Gasteiger partial charge is 0.309 e. The molecule has 0 saturated carbocycles. The van der Waals surface area contributed by atoms with E-state index in [2.05, 4.69) is 194 Å². The normalized spacial score (nSPS) is 17.1. The summed E-state index contributed by atoms with van der Waals surface area (Å²) < 4.78 is 0. The van der Waals surface area contributed by atoms with Gasteiger partial charge in [-0.05, 0) is 91.4 Å². The minimum atomic E-state index is -0.421. The fourth-order valence-electron chi connectivity index (χ4n) is 10.7. The lowest BCUT2D eigenvalue weighted by Crippen LogP contribution is -2.33. The van der Waals surface area contributed by atoms with E-state index in [0.29, 0.717) is 0 Å². The van der Waals surface area contributed by atoms with Crippen molar-refractivity contribution in [3.8, 4) is 44.5 Å². The van der Waals surface area contributed by atoms with Crippen molar-refractivity contribution in [2.75, 3.05) is 4.90 Å². The molecule has 8 aromatic rings. The lowest BCUT2D eigenvalue weighted by atomic mass is 9.67. The smallest absolute Gasteiger partial charge is 0.0726 e. The van der Waals surface area contributed by atoms with E-state index in [-0.39, 0.29) is 5.41 Å². The molecule has 242 valence electrons. The Kier molecular flexibility index (Phi) is 5.37. The van der Waals surface area contributed by atoms with Crippen LogP contribution in [0.1, 0.15) is 45.9 Å². The molecule has 0 amide bonds. The zero-order valence-electron chi connectivity index (χ0n) is 28.8. The molecule has 1 nitrogen and oxygen atoms in total. The topological polar surface area (TPSA) is 3.24 Å². The van der Waals surface area contributed by atoms with Gasteiger partial charge < -0.3 is 4.90 Å². The first-order valence-electron chi connectivity index (χ1n) is 18.4. The summed E-state index contributed by atoms with van der Waals surface area (Å²) in [6.07, 6.45) is 0. The fourth-order valence-corrected chi connectivity index (χ4v) is 10.7. The number of para-hydroxylation sites is 1. The molecule has 3 aliphatic carbocycles. The van der Waals surface area contributed by atoms with E-state index in [1.165, 1.54) is 101 Å². The minimum absolute atomic E-state index is 0.332. The van der Waals surface area contributed by atoms with Gasteiger partial charge in [-0.15, -0.1) is 0 Å². The first-order chi connectivity index (χ1) is 25.7. The van der Waals surface area contributed by atoms with Crippen molar-refractivity contribution in [3.05, 3.63) is 221 Å². The fraction of sp³-hybridized carbons (Fsp3) is 0.0588. The Bertz CT molecular complexity index is 2780. The van der Waals surface area contributed by atoms with Gasteiger partial charge in [0.15, 0.2) is 0 Å². The van der Waals surface area contributed by atoms with Crippen molar-refractivity contribution in [2.45, 2.75) is 17.8 Å². The third-order valence-electron chi connectivity index (χ3n) is 12.7. The molecule has 1 heterocycles. The molecular formula is C51H33N. The maximum absolute atomic E-state index is 2.63. The Morgan fingerprint density at radius 3 is 1.52 bits per heavy atom. The first-order valence-corrected chi connectivity index (χ1v) is 18.4. The van der Waals surface area contributed by atoms with Gasteiger partial charge in [-0.3, -0.25) is 0 Å². The number of hydrogen-bond acceptors (Lipinski definition) is 1. The second-order valence-corrected chi connectivity index (χ2v) is 14.9. The van der Waals surface area contributed by atoms with Crippen LogP contribution in [-0.2, 0) is 10.8 Å². The second kappa shape index (κ2) is 9.87. The van der Waals surface area contributed by atoms with Crippen molar-refractivity contribution >= 4 is 17.1 Å². The molecule has 1 spiro atoms. The van der Waals surface area contributed by atoms with Gasteiger partial charge in [-0.2, -0.15) is 0 Å². The molecule has 1 heteroatoms. The van der Waals surface area contributed by atoms with Gasteiger partial charge in [0, 0.05) is 16.5 Å². The Morgan fingerprint density at radius 1 is 0.346 bits per heavy atom. The number of rotatable bonds is 2.